The van der Waals surface area contributed by atoms with Crippen LogP contribution < -0.4 is 9.47 Å². The fourth-order valence-corrected chi connectivity index (χ4v) is 4.36. The van der Waals surface area contributed by atoms with Crippen molar-refractivity contribution in [3.63, 3.8) is 0 Å². The summed E-state index contributed by atoms with van der Waals surface area (Å²) < 4.78 is 11.2. The molecular weight excluding hydrogens is 468 g/mol. The van der Waals surface area contributed by atoms with Crippen LogP contribution in [-0.4, -0.2) is 33.8 Å². The van der Waals surface area contributed by atoms with Gasteiger partial charge in [-0.05, 0) is 65.7 Å². The number of hydrogen-bond acceptors (Lipinski definition) is 6. The number of carbonyl (C=O) groups is 2. The van der Waals surface area contributed by atoms with Crippen LogP contribution in [-0.2, 0) is 16.1 Å². The molecule has 0 radical (unpaired) electrons. The number of aliphatic hydroxyl groups excluding tert-OH is 1. The number of hydrogen-bond donors (Lipinski definition) is 1. The standard InChI is InChI=1S/C30H24N2O5/c1-36-23-14-12-21(13-15-23)28(33)26-27(32(30(35)29(26)34)19-20-7-6-16-31-18-20)22-8-5-11-25(17-22)37-24-9-3-2-4-10-24/h2-18,27,33H,19H2,1H3/t27-/m0/s1. The Kier molecular flexibility index (Phi) is 6.68. The zero-order valence-electron chi connectivity index (χ0n) is 20.1. The maximum Gasteiger partial charge on any atom is 0.295 e. The van der Waals surface area contributed by atoms with E-state index in [0.29, 0.717) is 28.4 Å². The Hall–Kier alpha value is -4.91. The summed E-state index contributed by atoms with van der Waals surface area (Å²) in [5, 5.41) is 11.3. The van der Waals surface area contributed by atoms with Gasteiger partial charge in [-0.15, -0.1) is 0 Å². The molecule has 1 atom stereocenters. The first-order chi connectivity index (χ1) is 18.0. The van der Waals surface area contributed by atoms with E-state index in [1.807, 2.05) is 42.5 Å². The average molecular weight is 493 g/mol. The maximum absolute atomic E-state index is 13.3. The molecule has 1 fully saturated rings. The van der Waals surface area contributed by atoms with Gasteiger partial charge >= 0.3 is 0 Å². The second-order valence-electron chi connectivity index (χ2n) is 8.50. The van der Waals surface area contributed by atoms with Crippen LogP contribution in [0, 0.1) is 0 Å². The van der Waals surface area contributed by atoms with Gasteiger partial charge in [0.1, 0.15) is 23.0 Å². The van der Waals surface area contributed by atoms with Crippen LogP contribution in [0.4, 0.5) is 0 Å². The van der Waals surface area contributed by atoms with Crippen molar-refractivity contribution in [1.29, 1.82) is 0 Å². The molecule has 0 bridgehead atoms. The van der Waals surface area contributed by atoms with E-state index in [-0.39, 0.29) is 17.9 Å². The lowest BCUT2D eigenvalue weighted by Crippen LogP contribution is -2.29. The van der Waals surface area contributed by atoms with Crippen LogP contribution in [0.3, 0.4) is 0 Å². The van der Waals surface area contributed by atoms with E-state index >= 15 is 0 Å². The highest BCUT2D eigenvalue weighted by Crippen LogP contribution is 2.41. The molecule has 5 rings (SSSR count). The van der Waals surface area contributed by atoms with Crippen LogP contribution >= 0.6 is 0 Å². The smallest absolute Gasteiger partial charge is 0.295 e. The Balaban J connectivity index is 1.60. The van der Waals surface area contributed by atoms with E-state index in [4.69, 9.17) is 9.47 Å². The number of likely N-dealkylation sites (tertiary alicyclic amines) is 1. The molecule has 1 aromatic heterocycles. The van der Waals surface area contributed by atoms with E-state index in [1.54, 1.807) is 68.0 Å². The summed E-state index contributed by atoms with van der Waals surface area (Å²) in [6.45, 7) is 0.145. The van der Waals surface area contributed by atoms with Gasteiger partial charge in [-0.3, -0.25) is 14.6 Å². The third-order valence-electron chi connectivity index (χ3n) is 6.13. The van der Waals surface area contributed by atoms with Crippen molar-refractivity contribution >= 4 is 17.4 Å². The van der Waals surface area contributed by atoms with Gasteiger partial charge < -0.3 is 19.5 Å². The number of amides is 1. The van der Waals surface area contributed by atoms with Crippen molar-refractivity contribution in [1.82, 2.24) is 9.88 Å². The predicted molar refractivity (Wildman–Crippen MR) is 138 cm³/mol. The molecule has 2 heterocycles. The predicted octanol–water partition coefficient (Wildman–Crippen LogP) is 5.50. The third kappa shape index (κ3) is 4.92. The number of aliphatic hydroxyl groups is 1. The fourth-order valence-electron chi connectivity index (χ4n) is 4.36. The van der Waals surface area contributed by atoms with Gasteiger partial charge in [0.25, 0.3) is 11.7 Å². The maximum atomic E-state index is 13.3. The van der Waals surface area contributed by atoms with Crippen molar-refractivity contribution in [2.24, 2.45) is 0 Å². The molecule has 7 heteroatoms. The molecule has 0 aliphatic carbocycles. The number of aromatic nitrogens is 1. The van der Waals surface area contributed by atoms with Crippen LogP contribution in [0.1, 0.15) is 22.7 Å². The molecule has 3 aromatic carbocycles. The lowest BCUT2D eigenvalue weighted by Gasteiger charge is -2.25. The summed E-state index contributed by atoms with van der Waals surface area (Å²) in [5.74, 6) is 0.0993. The van der Waals surface area contributed by atoms with Crippen molar-refractivity contribution in [3.8, 4) is 17.2 Å². The molecular formula is C30H24N2O5. The minimum Gasteiger partial charge on any atom is -0.507 e. The van der Waals surface area contributed by atoms with Gasteiger partial charge in [0.15, 0.2) is 0 Å². The van der Waals surface area contributed by atoms with E-state index in [9.17, 15) is 14.7 Å². The lowest BCUT2D eigenvalue weighted by atomic mass is 9.95. The number of pyridine rings is 1. The van der Waals surface area contributed by atoms with Crippen LogP contribution in [0.5, 0.6) is 17.2 Å². The van der Waals surface area contributed by atoms with Crippen molar-refractivity contribution in [2.75, 3.05) is 7.11 Å². The summed E-state index contributed by atoms with van der Waals surface area (Å²) in [7, 11) is 1.54. The van der Waals surface area contributed by atoms with Crippen molar-refractivity contribution in [3.05, 3.63) is 126 Å². The number of rotatable bonds is 7. The van der Waals surface area contributed by atoms with Gasteiger partial charge in [-0.25, -0.2) is 0 Å². The number of para-hydroxylation sites is 1. The zero-order valence-corrected chi connectivity index (χ0v) is 20.1. The highest BCUT2D eigenvalue weighted by atomic mass is 16.5. The first kappa shape index (κ1) is 23.8. The second-order valence-corrected chi connectivity index (χ2v) is 8.50. The molecule has 1 aliphatic heterocycles. The van der Waals surface area contributed by atoms with Gasteiger partial charge in [-0.2, -0.15) is 0 Å². The van der Waals surface area contributed by atoms with E-state index < -0.39 is 17.7 Å². The second kappa shape index (κ2) is 10.4. The molecule has 1 aliphatic rings. The quantitative estimate of drug-likeness (QED) is 0.208. The normalized spacial score (nSPS) is 16.6. The average Bonchev–Trinajstić information content (AvgIpc) is 3.19. The van der Waals surface area contributed by atoms with Crippen molar-refractivity contribution in [2.45, 2.75) is 12.6 Å². The summed E-state index contributed by atoms with van der Waals surface area (Å²) >= 11 is 0. The van der Waals surface area contributed by atoms with Gasteiger partial charge in [0, 0.05) is 24.5 Å². The van der Waals surface area contributed by atoms with Gasteiger partial charge in [0.05, 0.1) is 18.7 Å². The molecule has 1 N–H and O–H groups in total. The molecule has 0 spiro atoms. The minimum absolute atomic E-state index is 0.0101. The minimum atomic E-state index is -0.832. The van der Waals surface area contributed by atoms with Crippen LogP contribution in [0.2, 0.25) is 0 Å². The molecule has 37 heavy (non-hydrogen) atoms. The number of nitrogens with zero attached hydrogens (tertiary/aromatic N) is 2. The first-order valence-corrected chi connectivity index (χ1v) is 11.7. The number of ether oxygens (including phenoxy) is 2. The molecule has 0 saturated carbocycles. The summed E-state index contributed by atoms with van der Waals surface area (Å²) in [6.07, 6.45) is 3.29. The van der Waals surface area contributed by atoms with E-state index in [2.05, 4.69) is 4.98 Å². The zero-order chi connectivity index (χ0) is 25.8. The van der Waals surface area contributed by atoms with Crippen LogP contribution in [0.25, 0.3) is 5.76 Å². The number of ketones is 1. The SMILES string of the molecule is COc1ccc(C(O)=C2C(=O)C(=O)N(Cc3cccnc3)[C@H]2c2cccc(Oc3ccccc3)c2)cc1. The Morgan fingerprint density at radius 3 is 2.35 bits per heavy atom. The highest BCUT2D eigenvalue weighted by molar-refractivity contribution is 6.46. The molecule has 184 valence electrons. The first-order valence-electron chi connectivity index (χ1n) is 11.7. The van der Waals surface area contributed by atoms with E-state index in [1.165, 1.54) is 4.90 Å². The fraction of sp³-hybridized carbons (Fsp3) is 0.100. The molecule has 7 nitrogen and oxygen atoms in total. The van der Waals surface area contributed by atoms with Gasteiger partial charge in [-0.1, -0.05) is 36.4 Å². The van der Waals surface area contributed by atoms with Crippen LogP contribution in [0.15, 0.2) is 109 Å². The Bertz CT molecular complexity index is 1450. The van der Waals surface area contributed by atoms with Crippen molar-refractivity contribution < 1.29 is 24.2 Å². The number of carbonyl (C=O) groups excluding carboxylic acids is 2. The molecule has 4 aromatic rings. The Labute approximate surface area is 214 Å². The summed E-state index contributed by atoms with van der Waals surface area (Å²) in [5.41, 5.74) is 1.81. The topological polar surface area (TPSA) is 89.0 Å². The lowest BCUT2D eigenvalue weighted by molar-refractivity contribution is -0.140. The Morgan fingerprint density at radius 2 is 1.65 bits per heavy atom. The number of methoxy groups -OCH3 is 1. The summed E-state index contributed by atoms with van der Waals surface area (Å²) in [4.78, 5) is 32.2. The largest absolute Gasteiger partial charge is 0.507 e. The number of Topliss-reactive ketones (excluding diaryl/α,β-unsaturated/α-hetero) is 1. The summed E-state index contributed by atoms with van der Waals surface area (Å²) in [6, 6.07) is 25.9. The molecule has 1 amide bonds. The molecule has 0 unspecified atom stereocenters. The molecule has 1 saturated heterocycles. The number of benzene rings is 3. The monoisotopic (exact) mass is 492 g/mol. The van der Waals surface area contributed by atoms with E-state index in [0.717, 1.165) is 5.56 Å². The van der Waals surface area contributed by atoms with Gasteiger partial charge in [0.2, 0.25) is 0 Å². The third-order valence-corrected chi connectivity index (χ3v) is 6.13. The Morgan fingerprint density at radius 1 is 0.892 bits per heavy atom. The highest BCUT2D eigenvalue weighted by Gasteiger charge is 2.46.